The maximum absolute atomic E-state index is 11.6. The number of para-hydroxylation sites is 1. The van der Waals surface area contributed by atoms with Gasteiger partial charge in [-0.3, -0.25) is 4.79 Å². The summed E-state index contributed by atoms with van der Waals surface area (Å²) in [7, 11) is 5.14. The number of hydrogen-bond acceptors (Lipinski definition) is 10. The van der Waals surface area contributed by atoms with Crippen LogP contribution in [0.3, 0.4) is 0 Å². The Morgan fingerprint density at radius 3 is 2.37 bits per heavy atom. The van der Waals surface area contributed by atoms with Crippen molar-refractivity contribution < 1.29 is 38.0 Å². The molecular formula is C41H59N3O8. The molecule has 11 nitrogen and oxygen atoms in total. The van der Waals surface area contributed by atoms with Crippen LogP contribution in [0.2, 0.25) is 0 Å². The van der Waals surface area contributed by atoms with E-state index >= 15 is 0 Å². The molecule has 0 saturated carbocycles. The van der Waals surface area contributed by atoms with Crippen molar-refractivity contribution in [3.05, 3.63) is 72.3 Å². The molecule has 1 amide bonds. The van der Waals surface area contributed by atoms with E-state index in [1.807, 2.05) is 53.4 Å². The predicted molar refractivity (Wildman–Crippen MR) is 206 cm³/mol. The highest BCUT2D eigenvalue weighted by Gasteiger charge is 2.28. The van der Waals surface area contributed by atoms with Crippen LogP contribution >= 0.6 is 0 Å². The van der Waals surface area contributed by atoms with E-state index in [9.17, 15) is 4.79 Å². The number of carbonyl (C=O) groups excluding carboxylic acids is 1. The summed E-state index contributed by atoms with van der Waals surface area (Å²) < 4.78 is 39.5. The fourth-order valence-electron chi connectivity index (χ4n) is 6.21. The summed E-state index contributed by atoms with van der Waals surface area (Å²) in [6, 6.07) is 22.0. The normalized spacial score (nSPS) is 15.2. The van der Waals surface area contributed by atoms with E-state index in [4.69, 9.17) is 33.2 Å². The molecule has 2 aliphatic heterocycles. The van der Waals surface area contributed by atoms with Crippen LogP contribution in [-0.2, 0) is 25.6 Å². The lowest BCUT2D eigenvalue weighted by molar-refractivity contribution is -0.119. The van der Waals surface area contributed by atoms with Gasteiger partial charge in [-0.25, -0.2) is 0 Å². The minimum atomic E-state index is 0.00111. The monoisotopic (exact) mass is 721 g/mol. The predicted octanol–water partition coefficient (Wildman–Crippen LogP) is 6.47. The number of amides is 1. The van der Waals surface area contributed by atoms with E-state index in [1.54, 1.807) is 21.3 Å². The third-order valence-electron chi connectivity index (χ3n) is 9.04. The second-order valence-electron chi connectivity index (χ2n) is 12.8. The van der Waals surface area contributed by atoms with Crippen molar-refractivity contribution in [3.63, 3.8) is 0 Å². The van der Waals surface area contributed by atoms with Gasteiger partial charge < -0.3 is 47.9 Å². The maximum atomic E-state index is 11.6. The number of piperazine rings is 1. The number of methoxy groups -OCH3 is 3. The molecule has 52 heavy (non-hydrogen) atoms. The van der Waals surface area contributed by atoms with Gasteiger partial charge in [0.05, 0.1) is 45.2 Å². The van der Waals surface area contributed by atoms with E-state index in [-0.39, 0.29) is 6.04 Å². The van der Waals surface area contributed by atoms with Crippen LogP contribution in [0.25, 0.3) is 0 Å². The molecule has 11 heteroatoms. The first-order valence-corrected chi connectivity index (χ1v) is 18.6. The molecule has 0 bridgehead atoms. The van der Waals surface area contributed by atoms with Gasteiger partial charge in [0.2, 0.25) is 6.41 Å². The van der Waals surface area contributed by atoms with E-state index < -0.39 is 0 Å². The first kappa shape index (κ1) is 40.6. The largest absolute Gasteiger partial charge is 0.496 e. The molecular weight excluding hydrogens is 662 g/mol. The van der Waals surface area contributed by atoms with Crippen LogP contribution in [0.5, 0.6) is 23.0 Å². The molecule has 1 atom stereocenters. The summed E-state index contributed by atoms with van der Waals surface area (Å²) >= 11 is 0. The fourth-order valence-corrected chi connectivity index (χ4v) is 6.21. The summed E-state index contributed by atoms with van der Waals surface area (Å²) in [4.78, 5) is 18.1. The molecule has 2 aliphatic rings. The third-order valence-corrected chi connectivity index (χ3v) is 9.04. The van der Waals surface area contributed by atoms with Crippen molar-refractivity contribution in [1.82, 2.24) is 4.90 Å². The van der Waals surface area contributed by atoms with Crippen molar-refractivity contribution in [2.24, 2.45) is 0 Å². The van der Waals surface area contributed by atoms with Crippen molar-refractivity contribution in [2.75, 3.05) is 103 Å². The smallest absolute Gasteiger partial charge is 0.209 e. The summed E-state index contributed by atoms with van der Waals surface area (Å²) in [5.74, 6) is 3.31. The van der Waals surface area contributed by atoms with Crippen LogP contribution in [0.4, 0.5) is 11.4 Å². The van der Waals surface area contributed by atoms with Gasteiger partial charge in [0.15, 0.2) is 0 Å². The van der Waals surface area contributed by atoms with Crippen molar-refractivity contribution >= 4 is 17.8 Å². The van der Waals surface area contributed by atoms with Crippen LogP contribution in [-0.4, -0.2) is 111 Å². The average Bonchev–Trinajstić information content (AvgIpc) is 3.19. The highest BCUT2D eigenvalue weighted by Crippen LogP contribution is 2.35. The summed E-state index contributed by atoms with van der Waals surface area (Å²) in [6.45, 7) is 10.3. The van der Waals surface area contributed by atoms with Crippen LogP contribution < -0.4 is 28.7 Å². The van der Waals surface area contributed by atoms with Gasteiger partial charge in [0, 0.05) is 77.4 Å². The zero-order valence-electron chi connectivity index (χ0n) is 31.6. The number of anilines is 2. The Labute approximate surface area is 310 Å². The van der Waals surface area contributed by atoms with Crippen molar-refractivity contribution in [3.8, 4) is 23.0 Å². The molecule has 1 fully saturated rings. The standard InChI is InChI=1S/C35H45N3O7.C6H14O/c1-40-19-5-15-37-18-22-44-35-14-13-32(23-33(35)37)45-26-30-24-36(27-39)16-17-38(30)29-9-11-31(12-10-29)43-21-6-20-42-25-28-7-3-4-8-34(28)41-2;1-3-4-5-6-7-2/h3-4,7-14,23,27,30H,5-6,15-22,24-26H2,1-2H3;3-6H2,1-2H3. The number of fused-ring (bicyclic) bond motifs is 1. The molecule has 1 unspecified atom stereocenters. The lowest BCUT2D eigenvalue weighted by Crippen LogP contribution is -2.55. The highest BCUT2D eigenvalue weighted by atomic mass is 16.5. The van der Waals surface area contributed by atoms with Gasteiger partial charge >= 0.3 is 0 Å². The van der Waals surface area contributed by atoms with E-state index in [0.29, 0.717) is 46.1 Å². The first-order valence-electron chi connectivity index (χ1n) is 18.6. The molecule has 2 heterocycles. The number of nitrogens with zero attached hydrogens (tertiary/aromatic N) is 3. The van der Waals surface area contributed by atoms with Gasteiger partial charge in [0.25, 0.3) is 0 Å². The molecule has 0 aromatic heterocycles. The zero-order chi connectivity index (χ0) is 36.8. The van der Waals surface area contributed by atoms with Gasteiger partial charge in [0.1, 0.15) is 36.2 Å². The van der Waals surface area contributed by atoms with Crippen LogP contribution in [0.15, 0.2) is 66.7 Å². The molecule has 0 radical (unpaired) electrons. The Morgan fingerprint density at radius 1 is 0.808 bits per heavy atom. The second kappa shape index (κ2) is 23.4. The number of rotatable bonds is 21. The average molecular weight is 722 g/mol. The minimum Gasteiger partial charge on any atom is -0.496 e. The Balaban J connectivity index is 0.000000785. The summed E-state index contributed by atoms with van der Waals surface area (Å²) in [5, 5.41) is 0. The number of unbranched alkanes of at least 4 members (excludes halogenated alkanes) is 2. The molecule has 0 spiro atoms. The molecule has 286 valence electrons. The first-order chi connectivity index (χ1) is 25.6. The van der Waals surface area contributed by atoms with Crippen LogP contribution in [0.1, 0.15) is 44.6 Å². The molecule has 0 N–H and O–H groups in total. The fraction of sp³-hybridized carbons (Fsp3) is 0.537. The zero-order valence-corrected chi connectivity index (χ0v) is 31.6. The third kappa shape index (κ3) is 13.1. The molecule has 0 aliphatic carbocycles. The SMILES string of the molecule is CCCCCOC.COCCCN1CCOc2ccc(OCC3CN(C=O)CCN3c3ccc(OCCCOCc4ccccc4OC)cc3)cc21. The molecule has 3 aromatic rings. The number of ether oxygens (including phenoxy) is 7. The van der Waals surface area contributed by atoms with Gasteiger partial charge in [-0.2, -0.15) is 0 Å². The lowest BCUT2D eigenvalue weighted by Gasteiger charge is -2.41. The van der Waals surface area contributed by atoms with Gasteiger partial charge in [-0.05, 0) is 55.3 Å². The lowest BCUT2D eigenvalue weighted by atomic mass is 10.1. The van der Waals surface area contributed by atoms with Crippen LogP contribution in [0, 0.1) is 0 Å². The molecule has 1 saturated heterocycles. The second-order valence-corrected chi connectivity index (χ2v) is 12.8. The van der Waals surface area contributed by atoms with Crippen molar-refractivity contribution in [2.45, 2.75) is 51.7 Å². The van der Waals surface area contributed by atoms with Gasteiger partial charge in [-0.15, -0.1) is 0 Å². The quantitative estimate of drug-likeness (QED) is 0.0902. The van der Waals surface area contributed by atoms with E-state index in [1.165, 1.54) is 19.3 Å². The summed E-state index contributed by atoms with van der Waals surface area (Å²) in [6.07, 6.45) is 6.45. The number of carbonyl (C=O) groups is 1. The summed E-state index contributed by atoms with van der Waals surface area (Å²) in [5.41, 5.74) is 3.15. The Kier molecular flexibility index (Phi) is 18.3. The van der Waals surface area contributed by atoms with Gasteiger partial charge in [-0.1, -0.05) is 38.0 Å². The maximum Gasteiger partial charge on any atom is 0.209 e. The highest BCUT2D eigenvalue weighted by molar-refractivity contribution is 5.63. The number of hydrogen-bond donors (Lipinski definition) is 0. The van der Waals surface area contributed by atoms with E-state index in [0.717, 1.165) is 92.0 Å². The molecule has 3 aromatic carbocycles. The van der Waals surface area contributed by atoms with E-state index in [2.05, 4.69) is 34.9 Å². The Hall–Kier alpha value is -4.19. The van der Waals surface area contributed by atoms with Crippen molar-refractivity contribution in [1.29, 1.82) is 0 Å². The minimum absolute atomic E-state index is 0.00111. The number of benzene rings is 3. The Morgan fingerprint density at radius 2 is 1.60 bits per heavy atom. The Bertz CT molecular complexity index is 1420. The molecule has 5 rings (SSSR count). The topological polar surface area (TPSA) is 91.4 Å².